The van der Waals surface area contributed by atoms with Crippen LogP contribution in [0.2, 0.25) is 0 Å². The van der Waals surface area contributed by atoms with Gasteiger partial charge in [-0.2, -0.15) is 0 Å². The zero-order valence-corrected chi connectivity index (χ0v) is 8.43. The van der Waals surface area contributed by atoms with Gasteiger partial charge >= 0.3 is 0 Å². The van der Waals surface area contributed by atoms with Crippen molar-refractivity contribution in [2.45, 2.75) is 47.0 Å². The van der Waals surface area contributed by atoms with Crippen LogP contribution < -0.4 is 0 Å². The molecule has 0 spiro atoms. The highest BCUT2D eigenvalue weighted by molar-refractivity contribution is 4.83. The largest absolute Gasteiger partial charge is 0.0651 e. The number of hydrogen-bond acceptors (Lipinski definition) is 0. The average Bonchev–Trinajstić information content (AvgIpc) is 2.68. The minimum Gasteiger partial charge on any atom is -0.0651 e. The van der Waals surface area contributed by atoms with E-state index in [0.717, 1.165) is 23.7 Å². The molecule has 0 aromatic carbocycles. The molecule has 66 valence electrons. The molecule has 0 aliphatic heterocycles. The van der Waals surface area contributed by atoms with Gasteiger partial charge in [-0.25, -0.2) is 0 Å². The van der Waals surface area contributed by atoms with Crippen molar-refractivity contribution >= 4 is 0 Å². The third-order valence-corrected chi connectivity index (χ3v) is 3.37. The topological polar surface area (TPSA) is 0 Å². The Labute approximate surface area is 71.4 Å². The highest BCUT2D eigenvalue weighted by Crippen LogP contribution is 2.43. The molecule has 0 heterocycles. The fourth-order valence-electron chi connectivity index (χ4n) is 2.42. The van der Waals surface area contributed by atoms with Crippen molar-refractivity contribution in [3.63, 3.8) is 0 Å². The lowest BCUT2D eigenvalue weighted by Crippen LogP contribution is -2.18. The molecule has 0 aromatic rings. The van der Waals surface area contributed by atoms with Crippen molar-refractivity contribution in [1.82, 2.24) is 0 Å². The highest BCUT2D eigenvalue weighted by Gasteiger charge is 2.33. The molecule has 1 aliphatic rings. The van der Waals surface area contributed by atoms with Gasteiger partial charge in [-0.1, -0.05) is 34.1 Å². The van der Waals surface area contributed by atoms with Gasteiger partial charge in [0.25, 0.3) is 0 Å². The van der Waals surface area contributed by atoms with Crippen LogP contribution in [-0.2, 0) is 0 Å². The fraction of sp³-hybridized carbons (Fsp3) is 1.00. The van der Waals surface area contributed by atoms with E-state index in [4.69, 9.17) is 0 Å². The van der Waals surface area contributed by atoms with Crippen LogP contribution in [0.4, 0.5) is 0 Å². The van der Waals surface area contributed by atoms with E-state index in [9.17, 15) is 0 Å². The molecule has 1 saturated carbocycles. The standard InChI is InChI=1S/C11H22/c1-5-11(8(2)3)9(4)10-6-7-10/h8-11H,5-7H2,1-4H3. The first kappa shape index (κ1) is 9.09. The number of hydrogen-bond donors (Lipinski definition) is 0. The second kappa shape index (κ2) is 3.60. The van der Waals surface area contributed by atoms with Crippen molar-refractivity contribution in [1.29, 1.82) is 0 Å². The lowest BCUT2D eigenvalue weighted by molar-refractivity contribution is 0.237. The first-order valence-electron chi connectivity index (χ1n) is 5.16. The third kappa shape index (κ3) is 2.21. The van der Waals surface area contributed by atoms with Crippen LogP contribution in [0.3, 0.4) is 0 Å². The number of rotatable bonds is 4. The van der Waals surface area contributed by atoms with Gasteiger partial charge < -0.3 is 0 Å². The zero-order valence-electron chi connectivity index (χ0n) is 8.43. The zero-order chi connectivity index (χ0) is 8.43. The van der Waals surface area contributed by atoms with Crippen molar-refractivity contribution in [3.8, 4) is 0 Å². The minimum absolute atomic E-state index is 0.885. The van der Waals surface area contributed by atoms with Crippen molar-refractivity contribution in [3.05, 3.63) is 0 Å². The minimum atomic E-state index is 0.885. The van der Waals surface area contributed by atoms with E-state index in [2.05, 4.69) is 27.7 Å². The van der Waals surface area contributed by atoms with Crippen LogP contribution in [0.25, 0.3) is 0 Å². The molecule has 0 amide bonds. The maximum Gasteiger partial charge on any atom is -0.0365 e. The summed E-state index contributed by atoms with van der Waals surface area (Å²) in [6, 6.07) is 0. The molecule has 0 heteroatoms. The molecule has 1 fully saturated rings. The molecule has 11 heavy (non-hydrogen) atoms. The Morgan fingerprint density at radius 1 is 1.18 bits per heavy atom. The van der Waals surface area contributed by atoms with E-state index in [-0.39, 0.29) is 0 Å². The summed E-state index contributed by atoms with van der Waals surface area (Å²) in [4.78, 5) is 0. The SMILES string of the molecule is CCC(C(C)C)C(C)C1CC1. The van der Waals surface area contributed by atoms with Gasteiger partial charge in [0.15, 0.2) is 0 Å². The fourth-order valence-corrected chi connectivity index (χ4v) is 2.42. The van der Waals surface area contributed by atoms with Crippen LogP contribution in [0, 0.1) is 23.7 Å². The van der Waals surface area contributed by atoms with E-state index in [0.29, 0.717) is 0 Å². The predicted molar refractivity (Wildman–Crippen MR) is 50.5 cm³/mol. The van der Waals surface area contributed by atoms with Gasteiger partial charge in [0.05, 0.1) is 0 Å². The Bertz CT molecular complexity index is 111. The van der Waals surface area contributed by atoms with E-state index in [1.807, 2.05) is 0 Å². The molecule has 0 saturated heterocycles. The Kier molecular flexibility index (Phi) is 2.98. The van der Waals surface area contributed by atoms with Crippen LogP contribution in [0.1, 0.15) is 47.0 Å². The second-order valence-corrected chi connectivity index (χ2v) is 4.51. The summed E-state index contributed by atoms with van der Waals surface area (Å²) in [5, 5.41) is 0. The van der Waals surface area contributed by atoms with E-state index >= 15 is 0 Å². The summed E-state index contributed by atoms with van der Waals surface area (Å²) in [5.41, 5.74) is 0. The smallest absolute Gasteiger partial charge is 0.0365 e. The van der Waals surface area contributed by atoms with Crippen molar-refractivity contribution < 1.29 is 0 Å². The van der Waals surface area contributed by atoms with E-state index in [1.54, 1.807) is 0 Å². The normalized spacial score (nSPS) is 23.7. The summed E-state index contributed by atoms with van der Waals surface area (Å²) in [6.07, 6.45) is 4.38. The highest BCUT2D eigenvalue weighted by atomic mass is 14.4. The Morgan fingerprint density at radius 2 is 1.73 bits per heavy atom. The van der Waals surface area contributed by atoms with Crippen LogP contribution in [0.15, 0.2) is 0 Å². The van der Waals surface area contributed by atoms with E-state index < -0.39 is 0 Å². The summed E-state index contributed by atoms with van der Waals surface area (Å²) >= 11 is 0. The maximum atomic E-state index is 2.45. The van der Waals surface area contributed by atoms with E-state index in [1.165, 1.54) is 19.3 Å². The predicted octanol–water partition coefficient (Wildman–Crippen LogP) is 3.71. The summed E-state index contributed by atoms with van der Waals surface area (Å²) in [7, 11) is 0. The maximum absolute atomic E-state index is 2.45. The van der Waals surface area contributed by atoms with Gasteiger partial charge in [0, 0.05) is 0 Å². The summed E-state index contributed by atoms with van der Waals surface area (Å²) < 4.78 is 0. The van der Waals surface area contributed by atoms with Crippen LogP contribution in [0.5, 0.6) is 0 Å². The molecule has 0 nitrogen and oxygen atoms in total. The molecule has 2 atom stereocenters. The molecule has 0 aromatic heterocycles. The Balaban J connectivity index is 2.38. The average molecular weight is 154 g/mol. The van der Waals surface area contributed by atoms with Gasteiger partial charge in [0.1, 0.15) is 0 Å². The molecule has 0 bridgehead atoms. The van der Waals surface area contributed by atoms with Crippen LogP contribution in [-0.4, -0.2) is 0 Å². The molecule has 2 unspecified atom stereocenters. The third-order valence-electron chi connectivity index (χ3n) is 3.37. The quantitative estimate of drug-likeness (QED) is 0.579. The molecule has 1 rings (SSSR count). The van der Waals surface area contributed by atoms with Crippen molar-refractivity contribution in [2.75, 3.05) is 0 Å². The van der Waals surface area contributed by atoms with Gasteiger partial charge in [-0.3, -0.25) is 0 Å². The molecule has 1 aliphatic carbocycles. The van der Waals surface area contributed by atoms with Crippen LogP contribution >= 0.6 is 0 Å². The Hall–Kier alpha value is 0. The van der Waals surface area contributed by atoms with Gasteiger partial charge in [-0.15, -0.1) is 0 Å². The lowest BCUT2D eigenvalue weighted by atomic mass is 9.80. The molecular weight excluding hydrogens is 132 g/mol. The Morgan fingerprint density at radius 3 is 2.00 bits per heavy atom. The van der Waals surface area contributed by atoms with Gasteiger partial charge in [-0.05, 0) is 36.5 Å². The first-order chi connectivity index (χ1) is 5.16. The monoisotopic (exact) mass is 154 g/mol. The summed E-state index contributed by atoms with van der Waals surface area (Å²) in [5.74, 6) is 3.93. The molecular formula is C11H22. The first-order valence-corrected chi connectivity index (χ1v) is 5.16. The molecule has 0 radical (unpaired) electrons. The van der Waals surface area contributed by atoms with Gasteiger partial charge in [0.2, 0.25) is 0 Å². The van der Waals surface area contributed by atoms with Crippen molar-refractivity contribution in [2.24, 2.45) is 23.7 Å². The lowest BCUT2D eigenvalue weighted by Gasteiger charge is -2.26. The summed E-state index contributed by atoms with van der Waals surface area (Å²) in [6.45, 7) is 9.52. The molecule has 0 N–H and O–H groups in total. The second-order valence-electron chi connectivity index (χ2n) is 4.51.